The van der Waals surface area contributed by atoms with Gasteiger partial charge >= 0.3 is 0 Å². The summed E-state index contributed by atoms with van der Waals surface area (Å²) in [6, 6.07) is 13.6. The molecule has 1 atom stereocenters. The number of carbonyl (C=O) groups excluding carboxylic acids is 2. The van der Waals surface area contributed by atoms with Crippen molar-refractivity contribution in [2.24, 2.45) is 5.92 Å². The van der Waals surface area contributed by atoms with Crippen LogP contribution >= 0.6 is 11.3 Å². The molecular weight excluding hydrogens is 348 g/mol. The van der Waals surface area contributed by atoms with Gasteiger partial charge in [-0.3, -0.25) is 9.59 Å². The zero-order valence-electron chi connectivity index (χ0n) is 14.6. The van der Waals surface area contributed by atoms with Gasteiger partial charge in [0.1, 0.15) is 5.75 Å². The predicted octanol–water partition coefficient (Wildman–Crippen LogP) is 3.74. The van der Waals surface area contributed by atoms with Crippen molar-refractivity contribution in [3.8, 4) is 5.75 Å². The summed E-state index contributed by atoms with van der Waals surface area (Å²) in [5, 5.41) is 0.439. The highest BCUT2D eigenvalue weighted by atomic mass is 32.1. The fraction of sp³-hybridized carbons (Fsp3) is 0.250. The maximum absolute atomic E-state index is 12.8. The third-order valence-corrected chi connectivity index (χ3v) is 5.62. The number of hydrogen-bond acceptors (Lipinski definition) is 5. The van der Waals surface area contributed by atoms with Gasteiger partial charge in [-0.2, -0.15) is 0 Å². The van der Waals surface area contributed by atoms with Gasteiger partial charge in [-0.15, -0.1) is 0 Å². The maximum atomic E-state index is 12.8. The topological polar surface area (TPSA) is 59.5 Å². The molecule has 4 rings (SSSR count). The minimum absolute atomic E-state index is 0.165. The Morgan fingerprint density at radius 1 is 1.19 bits per heavy atom. The molecule has 132 valence electrons. The molecule has 0 unspecified atom stereocenters. The summed E-state index contributed by atoms with van der Waals surface area (Å²) in [4.78, 5) is 31.0. The van der Waals surface area contributed by atoms with Gasteiger partial charge in [-0.25, -0.2) is 9.88 Å². The number of ether oxygens (including phenoxy) is 1. The normalized spacial score (nSPS) is 17.3. The van der Waals surface area contributed by atoms with E-state index in [4.69, 9.17) is 4.74 Å². The second-order valence-corrected chi connectivity index (χ2v) is 7.50. The number of aryl methyl sites for hydroxylation is 1. The van der Waals surface area contributed by atoms with Crippen LogP contribution in [0.15, 0.2) is 42.5 Å². The van der Waals surface area contributed by atoms with Gasteiger partial charge in [-0.05, 0) is 37.1 Å². The van der Waals surface area contributed by atoms with Gasteiger partial charge in [0.2, 0.25) is 11.8 Å². The number of aromatic nitrogens is 1. The third kappa shape index (κ3) is 2.97. The predicted molar refractivity (Wildman–Crippen MR) is 102 cm³/mol. The number of fused-ring (bicyclic) bond motifs is 1. The highest BCUT2D eigenvalue weighted by molar-refractivity contribution is 7.22. The van der Waals surface area contributed by atoms with Crippen LogP contribution in [-0.4, -0.2) is 23.9 Å². The average molecular weight is 366 g/mol. The van der Waals surface area contributed by atoms with E-state index in [2.05, 4.69) is 4.98 Å². The van der Waals surface area contributed by atoms with Crippen molar-refractivity contribution < 1.29 is 14.3 Å². The van der Waals surface area contributed by atoms with Crippen molar-refractivity contribution in [3.63, 3.8) is 0 Å². The summed E-state index contributed by atoms with van der Waals surface area (Å²) in [6.45, 7) is 2.03. The van der Waals surface area contributed by atoms with Crippen LogP contribution in [0.1, 0.15) is 17.5 Å². The number of hydrogen-bond donors (Lipinski definition) is 0. The molecule has 5 nitrogen and oxygen atoms in total. The van der Waals surface area contributed by atoms with Gasteiger partial charge in [0.05, 0.1) is 23.2 Å². The average Bonchev–Trinajstić information content (AvgIpc) is 3.16. The number of methoxy groups -OCH3 is 1. The third-order valence-electron chi connectivity index (χ3n) is 4.62. The molecule has 2 amide bonds. The van der Waals surface area contributed by atoms with E-state index in [0.717, 1.165) is 21.5 Å². The van der Waals surface area contributed by atoms with Crippen molar-refractivity contribution >= 4 is 38.5 Å². The summed E-state index contributed by atoms with van der Waals surface area (Å²) in [5.41, 5.74) is 3.00. The van der Waals surface area contributed by atoms with Crippen LogP contribution < -0.4 is 9.64 Å². The van der Waals surface area contributed by atoms with Gasteiger partial charge in [0, 0.05) is 6.42 Å². The lowest BCUT2D eigenvalue weighted by Gasteiger charge is -2.11. The van der Waals surface area contributed by atoms with Crippen LogP contribution in [0, 0.1) is 12.8 Å². The molecule has 1 aliphatic rings. The Hall–Kier alpha value is -2.73. The highest BCUT2D eigenvalue weighted by Crippen LogP contribution is 2.35. The molecule has 26 heavy (non-hydrogen) atoms. The first-order valence-corrected chi connectivity index (χ1v) is 9.24. The molecule has 1 saturated heterocycles. The Morgan fingerprint density at radius 2 is 1.96 bits per heavy atom. The number of imide groups is 1. The molecule has 3 aromatic rings. The smallest absolute Gasteiger partial charge is 0.239 e. The lowest BCUT2D eigenvalue weighted by molar-refractivity contribution is -0.122. The number of carbonyl (C=O) groups is 2. The van der Waals surface area contributed by atoms with E-state index in [0.29, 0.717) is 11.6 Å². The number of thiazole rings is 1. The van der Waals surface area contributed by atoms with E-state index in [1.54, 1.807) is 7.11 Å². The van der Waals surface area contributed by atoms with E-state index in [1.165, 1.54) is 21.8 Å². The Kier molecular flexibility index (Phi) is 4.20. The molecular formula is C20H18N2O3S. The first-order chi connectivity index (χ1) is 12.5. The summed E-state index contributed by atoms with van der Waals surface area (Å²) in [7, 11) is 1.60. The van der Waals surface area contributed by atoms with E-state index in [-0.39, 0.29) is 24.2 Å². The Morgan fingerprint density at radius 3 is 2.69 bits per heavy atom. The Bertz CT molecular complexity index is 994. The SMILES string of the molecule is COc1ccc2nc(N3C(=O)C[C@@H](Cc4ccc(C)cc4)C3=O)sc2c1. The minimum atomic E-state index is -0.327. The van der Waals surface area contributed by atoms with Crippen molar-refractivity contribution in [2.45, 2.75) is 19.8 Å². The molecule has 0 saturated carbocycles. The van der Waals surface area contributed by atoms with Crippen LogP contribution in [0.2, 0.25) is 0 Å². The molecule has 1 aromatic heterocycles. The van der Waals surface area contributed by atoms with Crippen LogP contribution in [0.4, 0.5) is 5.13 Å². The quantitative estimate of drug-likeness (QED) is 0.660. The molecule has 2 aromatic carbocycles. The van der Waals surface area contributed by atoms with Crippen molar-refractivity contribution in [3.05, 3.63) is 53.6 Å². The van der Waals surface area contributed by atoms with Crippen LogP contribution in [-0.2, 0) is 16.0 Å². The van der Waals surface area contributed by atoms with Crippen LogP contribution in [0.5, 0.6) is 5.75 Å². The van der Waals surface area contributed by atoms with Crippen molar-refractivity contribution in [1.29, 1.82) is 0 Å². The van der Waals surface area contributed by atoms with Gasteiger partial charge < -0.3 is 4.74 Å². The second kappa shape index (κ2) is 6.53. The van der Waals surface area contributed by atoms with Crippen LogP contribution in [0.25, 0.3) is 10.2 Å². The largest absolute Gasteiger partial charge is 0.497 e. The fourth-order valence-corrected chi connectivity index (χ4v) is 4.20. The van der Waals surface area contributed by atoms with Gasteiger partial charge in [0.15, 0.2) is 5.13 Å². The highest BCUT2D eigenvalue weighted by Gasteiger charge is 2.40. The molecule has 1 aliphatic heterocycles. The van der Waals surface area contributed by atoms with E-state index in [9.17, 15) is 9.59 Å². The molecule has 0 N–H and O–H groups in total. The summed E-state index contributed by atoms with van der Waals surface area (Å²) in [6.07, 6.45) is 0.798. The molecule has 2 heterocycles. The second-order valence-electron chi connectivity index (χ2n) is 6.49. The molecule has 0 spiro atoms. The summed E-state index contributed by atoms with van der Waals surface area (Å²) in [5.74, 6) is 0.0514. The number of amides is 2. The van der Waals surface area contributed by atoms with Gasteiger partial charge in [0.25, 0.3) is 0 Å². The monoisotopic (exact) mass is 366 g/mol. The fourth-order valence-electron chi connectivity index (χ4n) is 3.18. The van der Waals surface area contributed by atoms with E-state index in [1.807, 2.05) is 49.4 Å². The number of benzene rings is 2. The van der Waals surface area contributed by atoms with Gasteiger partial charge in [-0.1, -0.05) is 41.2 Å². The maximum Gasteiger partial charge on any atom is 0.239 e. The molecule has 0 bridgehead atoms. The molecule has 0 radical (unpaired) electrons. The van der Waals surface area contributed by atoms with E-state index >= 15 is 0 Å². The zero-order chi connectivity index (χ0) is 18.3. The molecule has 6 heteroatoms. The number of anilines is 1. The van der Waals surface area contributed by atoms with Crippen LogP contribution in [0.3, 0.4) is 0 Å². The minimum Gasteiger partial charge on any atom is -0.497 e. The Balaban J connectivity index is 1.59. The van der Waals surface area contributed by atoms with Crippen molar-refractivity contribution in [2.75, 3.05) is 12.0 Å². The van der Waals surface area contributed by atoms with Crippen molar-refractivity contribution in [1.82, 2.24) is 4.98 Å². The molecule has 0 aliphatic carbocycles. The standard InChI is InChI=1S/C20H18N2O3S/c1-12-3-5-13(6-4-12)9-14-10-18(23)22(19(14)24)20-21-16-8-7-15(25-2)11-17(16)26-20/h3-8,11,14H,9-10H2,1-2H3/t14-/m1/s1. The first kappa shape index (κ1) is 16.7. The number of rotatable bonds is 4. The zero-order valence-corrected chi connectivity index (χ0v) is 15.4. The van der Waals surface area contributed by atoms with E-state index < -0.39 is 0 Å². The first-order valence-electron chi connectivity index (χ1n) is 8.42. The lowest BCUT2D eigenvalue weighted by Crippen LogP contribution is -2.30. The summed E-state index contributed by atoms with van der Waals surface area (Å²) >= 11 is 1.34. The number of nitrogens with zero attached hydrogens (tertiary/aromatic N) is 2. The lowest BCUT2D eigenvalue weighted by atomic mass is 9.97. The molecule has 1 fully saturated rings. The summed E-state index contributed by atoms with van der Waals surface area (Å²) < 4.78 is 6.11. The Labute approximate surface area is 155 Å².